The van der Waals surface area contributed by atoms with Crippen molar-refractivity contribution in [3.05, 3.63) is 23.9 Å². The third-order valence-electron chi connectivity index (χ3n) is 4.31. The number of nitrogen functional groups attached to an aromatic ring is 1. The molecule has 1 unspecified atom stereocenters. The zero-order chi connectivity index (χ0) is 13.3. The Balaban J connectivity index is 1.74. The number of amides is 1. The van der Waals surface area contributed by atoms with E-state index >= 15 is 0 Å². The molecule has 2 aliphatic rings. The van der Waals surface area contributed by atoms with Gasteiger partial charge >= 0.3 is 0 Å². The molecule has 0 aliphatic carbocycles. The standard InChI is InChI=1S/C14H20N4O/c15-12-3-2-11(8-17-12)13(19)18-7-1-4-14(10-18)5-6-16-9-14/h2-3,8,16H,1,4-7,9-10H2,(H2,15,17). The summed E-state index contributed by atoms with van der Waals surface area (Å²) in [5, 5.41) is 3.42. The summed E-state index contributed by atoms with van der Waals surface area (Å²) in [7, 11) is 0. The van der Waals surface area contributed by atoms with E-state index in [0.29, 0.717) is 16.8 Å². The lowest BCUT2D eigenvalue weighted by Crippen LogP contribution is -2.47. The maximum absolute atomic E-state index is 12.5. The van der Waals surface area contributed by atoms with Crippen LogP contribution < -0.4 is 11.1 Å². The first kappa shape index (κ1) is 12.4. The lowest BCUT2D eigenvalue weighted by Gasteiger charge is -2.40. The van der Waals surface area contributed by atoms with Crippen LogP contribution in [0.2, 0.25) is 0 Å². The lowest BCUT2D eigenvalue weighted by molar-refractivity contribution is 0.0553. The van der Waals surface area contributed by atoms with Gasteiger partial charge in [-0.3, -0.25) is 4.79 Å². The maximum atomic E-state index is 12.5. The Bertz CT molecular complexity index is 465. The summed E-state index contributed by atoms with van der Waals surface area (Å²) in [6.45, 7) is 3.83. The predicted molar refractivity (Wildman–Crippen MR) is 73.7 cm³/mol. The van der Waals surface area contributed by atoms with Crippen LogP contribution >= 0.6 is 0 Å². The van der Waals surface area contributed by atoms with Crippen molar-refractivity contribution < 1.29 is 4.79 Å². The van der Waals surface area contributed by atoms with Crippen LogP contribution in [0.25, 0.3) is 0 Å². The number of nitrogens with one attached hydrogen (secondary N) is 1. The fourth-order valence-electron chi connectivity index (χ4n) is 3.24. The molecule has 19 heavy (non-hydrogen) atoms. The van der Waals surface area contributed by atoms with Crippen LogP contribution in [0.1, 0.15) is 29.6 Å². The third kappa shape index (κ3) is 2.42. The topological polar surface area (TPSA) is 71.2 Å². The quantitative estimate of drug-likeness (QED) is 0.786. The van der Waals surface area contributed by atoms with Crippen LogP contribution in [0, 0.1) is 5.41 Å². The summed E-state index contributed by atoms with van der Waals surface area (Å²) in [5.41, 5.74) is 6.49. The number of pyridine rings is 1. The number of piperidine rings is 1. The van der Waals surface area contributed by atoms with Gasteiger partial charge in [-0.25, -0.2) is 4.98 Å². The molecule has 1 aromatic heterocycles. The van der Waals surface area contributed by atoms with Gasteiger partial charge in [-0.2, -0.15) is 0 Å². The molecule has 0 bridgehead atoms. The highest BCUT2D eigenvalue weighted by atomic mass is 16.2. The first-order valence-corrected chi connectivity index (χ1v) is 6.90. The SMILES string of the molecule is Nc1ccc(C(=O)N2CCCC3(CCNC3)C2)cn1. The number of hydrogen-bond donors (Lipinski definition) is 2. The minimum absolute atomic E-state index is 0.0819. The van der Waals surface area contributed by atoms with E-state index in [0.717, 1.165) is 32.6 Å². The predicted octanol–water partition coefficient (Wildman–Crippen LogP) is 0.879. The van der Waals surface area contributed by atoms with Crippen LogP contribution in [-0.2, 0) is 0 Å². The van der Waals surface area contributed by atoms with E-state index in [1.165, 1.54) is 12.8 Å². The summed E-state index contributed by atoms with van der Waals surface area (Å²) in [4.78, 5) is 18.5. The second-order valence-electron chi connectivity index (χ2n) is 5.73. The van der Waals surface area contributed by atoms with Crippen molar-refractivity contribution in [2.45, 2.75) is 19.3 Å². The highest BCUT2D eigenvalue weighted by Gasteiger charge is 2.39. The van der Waals surface area contributed by atoms with Crippen molar-refractivity contribution in [1.82, 2.24) is 15.2 Å². The number of carbonyl (C=O) groups is 1. The normalized spacial score (nSPS) is 26.8. The first-order valence-electron chi connectivity index (χ1n) is 6.90. The Morgan fingerprint density at radius 3 is 3.00 bits per heavy atom. The molecule has 3 rings (SSSR count). The van der Waals surface area contributed by atoms with Crippen molar-refractivity contribution >= 4 is 11.7 Å². The van der Waals surface area contributed by atoms with E-state index in [4.69, 9.17) is 5.73 Å². The fourth-order valence-corrected chi connectivity index (χ4v) is 3.24. The van der Waals surface area contributed by atoms with E-state index in [2.05, 4.69) is 10.3 Å². The van der Waals surface area contributed by atoms with E-state index < -0.39 is 0 Å². The monoisotopic (exact) mass is 260 g/mol. The zero-order valence-electron chi connectivity index (χ0n) is 11.1. The molecule has 3 heterocycles. The van der Waals surface area contributed by atoms with Gasteiger partial charge in [0.05, 0.1) is 5.56 Å². The largest absolute Gasteiger partial charge is 0.384 e. The van der Waals surface area contributed by atoms with Crippen LogP contribution in [0.15, 0.2) is 18.3 Å². The molecule has 2 aliphatic heterocycles. The van der Waals surface area contributed by atoms with Crippen molar-refractivity contribution in [2.75, 3.05) is 31.9 Å². The van der Waals surface area contributed by atoms with Crippen molar-refractivity contribution in [3.8, 4) is 0 Å². The number of nitrogens with two attached hydrogens (primary N) is 1. The average molecular weight is 260 g/mol. The molecule has 2 fully saturated rings. The molecule has 0 saturated carbocycles. The third-order valence-corrected chi connectivity index (χ3v) is 4.31. The molecule has 5 heteroatoms. The summed E-state index contributed by atoms with van der Waals surface area (Å²) < 4.78 is 0. The lowest BCUT2D eigenvalue weighted by atomic mass is 9.79. The van der Waals surface area contributed by atoms with Gasteiger partial charge in [0.2, 0.25) is 0 Å². The Labute approximate surface area is 113 Å². The van der Waals surface area contributed by atoms with Gasteiger partial charge in [0, 0.05) is 31.2 Å². The Kier molecular flexibility index (Phi) is 3.14. The molecule has 5 nitrogen and oxygen atoms in total. The molecule has 3 N–H and O–H groups in total. The molecule has 2 saturated heterocycles. The Morgan fingerprint density at radius 1 is 1.42 bits per heavy atom. The van der Waals surface area contributed by atoms with Crippen LogP contribution in [0.4, 0.5) is 5.82 Å². The summed E-state index contributed by atoms with van der Waals surface area (Å²) in [6.07, 6.45) is 5.07. The number of nitrogens with zero attached hydrogens (tertiary/aromatic N) is 2. The molecule has 1 amide bonds. The van der Waals surface area contributed by atoms with E-state index in [-0.39, 0.29) is 5.91 Å². The highest BCUT2D eigenvalue weighted by Crippen LogP contribution is 2.35. The number of hydrogen-bond acceptors (Lipinski definition) is 4. The van der Waals surface area contributed by atoms with Gasteiger partial charge in [-0.05, 0) is 37.9 Å². The Hall–Kier alpha value is -1.62. The van der Waals surface area contributed by atoms with Gasteiger partial charge in [-0.1, -0.05) is 0 Å². The number of anilines is 1. The van der Waals surface area contributed by atoms with Gasteiger partial charge in [0.25, 0.3) is 5.91 Å². The summed E-state index contributed by atoms with van der Waals surface area (Å²) >= 11 is 0. The second kappa shape index (κ2) is 4.81. The maximum Gasteiger partial charge on any atom is 0.255 e. The van der Waals surface area contributed by atoms with Gasteiger partial charge in [-0.15, -0.1) is 0 Å². The molecule has 1 aromatic rings. The highest BCUT2D eigenvalue weighted by molar-refractivity contribution is 5.94. The van der Waals surface area contributed by atoms with Gasteiger partial charge in [0.15, 0.2) is 0 Å². The van der Waals surface area contributed by atoms with Crippen molar-refractivity contribution in [3.63, 3.8) is 0 Å². The average Bonchev–Trinajstić information content (AvgIpc) is 2.87. The van der Waals surface area contributed by atoms with E-state index in [1.54, 1.807) is 18.3 Å². The molecular formula is C14H20N4O. The smallest absolute Gasteiger partial charge is 0.255 e. The van der Waals surface area contributed by atoms with E-state index in [1.807, 2.05) is 4.90 Å². The zero-order valence-corrected chi connectivity index (χ0v) is 11.1. The van der Waals surface area contributed by atoms with Gasteiger partial charge < -0.3 is 16.0 Å². The van der Waals surface area contributed by atoms with Crippen LogP contribution in [-0.4, -0.2) is 42.0 Å². The molecule has 1 spiro atoms. The summed E-state index contributed by atoms with van der Waals surface area (Å²) in [6, 6.07) is 3.45. The fraction of sp³-hybridized carbons (Fsp3) is 0.571. The summed E-state index contributed by atoms with van der Waals surface area (Å²) in [5.74, 6) is 0.533. The van der Waals surface area contributed by atoms with Gasteiger partial charge in [0.1, 0.15) is 5.82 Å². The minimum atomic E-state index is 0.0819. The first-order chi connectivity index (χ1) is 9.19. The molecule has 0 aromatic carbocycles. The number of rotatable bonds is 1. The minimum Gasteiger partial charge on any atom is -0.384 e. The van der Waals surface area contributed by atoms with Crippen LogP contribution in [0.5, 0.6) is 0 Å². The number of aromatic nitrogens is 1. The van der Waals surface area contributed by atoms with Crippen molar-refractivity contribution in [2.24, 2.45) is 5.41 Å². The second-order valence-corrected chi connectivity index (χ2v) is 5.73. The molecule has 102 valence electrons. The molecule has 0 radical (unpaired) electrons. The van der Waals surface area contributed by atoms with Crippen LogP contribution in [0.3, 0.4) is 0 Å². The van der Waals surface area contributed by atoms with Crippen molar-refractivity contribution in [1.29, 1.82) is 0 Å². The molecular weight excluding hydrogens is 240 g/mol. The molecule has 1 atom stereocenters. The Morgan fingerprint density at radius 2 is 2.32 bits per heavy atom. The number of likely N-dealkylation sites (tertiary alicyclic amines) is 1. The van der Waals surface area contributed by atoms with E-state index in [9.17, 15) is 4.79 Å². The number of carbonyl (C=O) groups excluding carboxylic acids is 1.